The predicted molar refractivity (Wildman–Crippen MR) is 259 cm³/mol. The molecule has 0 aliphatic rings. The molecule has 12 aromatic rings. The molecule has 0 amide bonds. The molecule has 284 valence electrons. The van der Waals surface area contributed by atoms with Gasteiger partial charge in [-0.05, 0) is 148 Å². The van der Waals surface area contributed by atoms with Gasteiger partial charge in [0.25, 0.3) is 5.56 Å². The predicted octanol–water partition coefficient (Wildman–Crippen LogP) is 15.4. The molecule has 0 N–H and O–H groups in total. The summed E-state index contributed by atoms with van der Waals surface area (Å²) in [5, 5.41) is 12.3. The molecule has 0 bridgehead atoms. The third kappa shape index (κ3) is 5.76. The lowest BCUT2D eigenvalue weighted by atomic mass is 9.83. The van der Waals surface area contributed by atoms with E-state index in [1.165, 1.54) is 76.5 Å². The van der Waals surface area contributed by atoms with Gasteiger partial charge in [-0.15, -0.1) is 0 Å². The highest BCUT2D eigenvalue weighted by Gasteiger charge is 2.21. The average Bonchev–Trinajstić information content (AvgIpc) is 3.33. The third-order valence-corrected chi connectivity index (χ3v) is 12.5. The van der Waals surface area contributed by atoms with Gasteiger partial charge >= 0.3 is 0 Å². The molecule has 0 unspecified atom stereocenters. The zero-order valence-electron chi connectivity index (χ0n) is 33.2. The standard InChI is InChI=1S/C59H37NO/c61-59-52-22-12-11-21-49(52)53-37-47(29-32-56(53)60(59)48-19-5-2-6-20-48)58-51-31-28-45(43-25-23-38-13-7-9-17-41(38)33-43)35-54(51)57(40-15-3-1-4-16-40)50-30-27-46(36-55(50)58)44-26-24-39-14-8-10-18-42(39)34-44/h1-37H. The van der Waals surface area contributed by atoms with E-state index in [-0.39, 0.29) is 5.56 Å². The number of para-hydroxylation sites is 1. The fraction of sp³-hybridized carbons (Fsp3) is 0. The molecular weight excluding hydrogens is 739 g/mol. The Balaban J connectivity index is 1.20. The van der Waals surface area contributed by atoms with Crippen molar-refractivity contribution in [3.05, 3.63) is 235 Å². The first-order chi connectivity index (χ1) is 30.2. The van der Waals surface area contributed by atoms with Gasteiger partial charge in [0.15, 0.2) is 0 Å². The number of benzene rings is 11. The van der Waals surface area contributed by atoms with Crippen LogP contribution in [0.1, 0.15) is 0 Å². The van der Waals surface area contributed by atoms with Gasteiger partial charge in [-0.25, -0.2) is 0 Å². The summed E-state index contributed by atoms with van der Waals surface area (Å²) in [5.74, 6) is 0. The fourth-order valence-corrected chi connectivity index (χ4v) is 9.62. The molecule has 1 aromatic heterocycles. The van der Waals surface area contributed by atoms with Crippen molar-refractivity contribution in [1.29, 1.82) is 0 Å². The maximum absolute atomic E-state index is 14.3. The number of hydrogen-bond acceptors (Lipinski definition) is 1. The summed E-state index contributed by atoms with van der Waals surface area (Å²) in [5.41, 5.74) is 11.1. The largest absolute Gasteiger partial charge is 0.276 e. The molecule has 12 rings (SSSR count). The highest BCUT2D eigenvalue weighted by molar-refractivity contribution is 6.23. The Kier molecular flexibility index (Phi) is 8.04. The summed E-state index contributed by atoms with van der Waals surface area (Å²) in [4.78, 5) is 14.3. The van der Waals surface area contributed by atoms with Gasteiger partial charge in [0.1, 0.15) is 0 Å². The highest BCUT2D eigenvalue weighted by atomic mass is 16.1. The van der Waals surface area contributed by atoms with Gasteiger partial charge in [0.2, 0.25) is 0 Å². The van der Waals surface area contributed by atoms with Crippen molar-refractivity contribution in [1.82, 2.24) is 4.57 Å². The number of nitrogens with zero attached hydrogens (tertiary/aromatic N) is 1. The van der Waals surface area contributed by atoms with Crippen LogP contribution in [0.15, 0.2) is 229 Å². The minimum absolute atomic E-state index is 0.0218. The Morgan fingerprint density at radius 3 is 1.31 bits per heavy atom. The molecule has 0 atom stereocenters. The lowest BCUT2D eigenvalue weighted by Crippen LogP contribution is -2.19. The van der Waals surface area contributed by atoms with E-state index < -0.39 is 0 Å². The van der Waals surface area contributed by atoms with Crippen molar-refractivity contribution in [2.24, 2.45) is 0 Å². The Morgan fingerprint density at radius 1 is 0.262 bits per heavy atom. The van der Waals surface area contributed by atoms with E-state index in [0.717, 1.165) is 33.1 Å². The normalized spacial score (nSPS) is 11.7. The van der Waals surface area contributed by atoms with Crippen molar-refractivity contribution in [3.63, 3.8) is 0 Å². The van der Waals surface area contributed by atoms with Crippen molar-refractivity contribution in [2.75, 3.05) is 0 Å². The van der Waals surface area contributed by atoms with Gasteiger partial charge < -0.3 is 0 Å². The molecule has 0 saturated carbocycles. The van der Waals surface area contributed by atoms with Gasteiger partial charge in [-0.2, -0.15) is 0 Å². The molecule has 0 aliphatic heterocycles. The number of aromatic nitrogens is 1. The second-order valence-electron chi connectivity index (χ2n) is 16.0. The average molecular weight is 776 g/mol. The second-order valence-corrected chi connectivity index (χ2v) is 16.0. The molecule has 0 spiro atoms. The first kappa shape index (κ1) is 34.9. The van der Waals surface area contributed by atoms with Crippen LogP contribution in [0.3, 0.4) is 0 Å². The summed E-state index contributed by atoms with van der Waals surface area (Å²) >= 11 is 0. The molecule has 1 heterocycles. The zero-order valence-corrected chi connectivity index (χ0v) is 33.2. The maximum atomic E-state index is 14.3. The first-order valence-corrected chi connectivity index (χ1v) is 20.9. The lowest BCUT2D eigenvalue weighted by Gasteiger charge is -2.21. The fourth-order valence-electron chi connectivity index (χ4n) is 9.62. The Hall–Kier alpha value is -8.07. The van der Waals surface area contributed by atoms with E-state index in [1.807, 2.05) is 53.1 Å². The van der Waals surface area contributed by atoms with Crippen LogP contribution in [0.5, 0.6) is 0 Å². The van der Waals surface area contributed by atoms with Crippen LogP contribution < -0.4 is 5.56 Å². The molecular formula is C59H37NO. The van der Waals surface area contributed by atoms with Crippen LogP contribution in [-0.4, -0.2) is 4.57 Å². The van der Waals surface area contributed by atoms with E-state index in [9.17, 15) is 4.79 Å². The second kappa shape index (κ2) is 14.0. The van der Waals surface area contributed by atoms with Gasteiger partial charge in [0.05, 0.1) is 5.52 Å². The SMILES string of the molecule is O=c1c2ccccc2c2cc(-c3c4ccc(-c5ccc6ccccc6c5)cc4c(-c4ccccc4)c4ccc(-c5ccc6ccccc6c5)cc34)ccc2n1-c1ccccc1. The summed E-state index contributed by atoms with van der Waals surface area (Å²) in [7, 11) is 0. The highest BCUT2D eigenvalue weighted by Crippen LogP contribution is 2.47. The minimum Gasteiger partial charge on any atom is -0.276 e. The van der Waals surface area contributed by atoms with Crippen molar-refractivity contribution < 1.29 is 0 Å². The minimum atomic E-state index is -0.0218. The molecule has 61 heavy (non-hydrogen) atoms. The van der Waals surface area contributed by atoms with Crippen LogP contribution in [0.25, 0.3) is 115 Å². The van der Waals surface area contributed by atoms with Gasteiger partial charge in [-0.3, -0.25) is 9.36 Å². The van der Waals surface area contributed by atoms with Crippen molar-refractivity contribution >= 4 is 64.8 Å². The molecule has 0 aliphatic carbocycles. The van der Waals surface area contributed by atoms with Gasteiger partial charge in [0, 0.05) is 16.5 Å². The van der Waals surface area contributed by atoms with E-state index in [1.54, 1.807) is 0 Å². The Labute approximate surface area is 352 Å². The monoisotopic (exact) mass is 775 g/mol. The van der Waals surface area contributed by atoms with Crippen LogP contribution in [0, 0.1) is 0 Å². The third-order valence-electron chi connectivity index (χ3n) is 12.5. The van der Waals surface area contributed by atoms with Crippen LogP contribution >= 0.6 is 0 Å². The smallest absolute Gasteiger partial charge is 0.263 e. The summed E-state index contributed by atoms with van der Waals surface area (Å²) in [6.07, 6.45) is 0. The number of hydrogen-bond donors (Lipinski definition) is 0. The molecule has 0 fully saturated rings. The first-order valence-electron chi connectivity index (χ1n) is 20.9. The van der Waals surface area contributed by atoms with Crippen LogP contribution in [0.2, 0.25) is 0 Å². The Bertz CT molecular complexity index is 3770. The summed E-state index contributed by atoms with van der Waals surface area (Å²) in [6.45, 7) is 0. The zero-order chi connectivity index (χ0) is 40.4. The van der Waals surface area contributed by atoms with E-state index in [4.69, 9.17) is 0 Å². The lowest BCUT2D eigenvalue weighted by molar-refractivity contribution is 1.06. The van der Waals surface area contributed by atoms with E-state index in [2.05, 4.69) is 176 Å². The molecule has 0 saturated heterocycles. The summed E-state index contributed by atoms with van der Waals surface area (Å²) < 4.78 is 1.86. The van der Waals surface area contributed by atoms with E-state index in [0.29, 0.717) is 5.39 Å². The van der Waals surface area contributed by atoms with E-state index >= 15 is 0 Å². The number of pyridine rings is 1. The van der Waals surface area contributed by atoms with Gasteiger partial charge in [-0.1, -0.05) is 170 Å². The maximum Gasteiger partial charge on any atom is 0.263 e. The molecule has 2 nitrogen and oxygen atoms in total. The van der Waals surface area contributed by atoms with Crippen LogP contribution in [-0.2, 0) is 0 Å². The van der Waals surface area contributed by atoms with Crippen molar-refractivity contribution in [2.45, 2.75) is 0 Å². The quantitative estimate of drug-likeness (QED) is 0.126. The number of rotatable bonds is 5. The number of fused-ring (bicyclic) bond motifs is 7. The summed E-state index contributed by atoms with van der Waals surface area (Å²) in [6, 6.07) is 80.2. The van der Waals surface area contributed by atoms with Crippen LogP contribution in [0.4, 0.5) is 0 Å². The van der Waals surface area contributed by atoms with Crippen molar-refractivity contribution in [3.8, 4) is 50.2 Å². The molecule has 11 aromatic carbocycles. The Morgan fingerprint density at radius 2 is 0.705 bits per heavy atom. The molecule has 2 heteroatoms. The topological polar surface area (TPSA) is 22.0 Å². The molecule has 0 radical (unpaired) electrons.